The minimum absolute atomic E-state index is 0.00316. The molecular formula is C19H19N3O4S. The molecule has 0 saturated carbocycles. The van der Waals surface area contributed by atoms with E-state index < -0.39 is 15.9 Å². The van der Waals surface area contributed by atoms with Gasteiger partial charge in [0.15, 0.2) is 5.82 Å². The molecule has 0 aliphatic rings. The van der Waals surface area contributed by atoms with Crippen LogP contribution < -0.4 is 5.32 Å². The second-order valence-electron chi connectivity index (χ2n) is 5.93. The Hall–Kier alpha value is -2.97. The molecular weight excluding hydrogens is 366 g/mol. The highest BCUT2D eigenvalue weighted by Gasteiger charge is 2.27. The summed E-state index contributed by atoms with van der Waals surface area (Å²) >= 11 is 0. The summed E-state index contributed by atoms with van der Waals surface area (Å²) in [5, 5.41) is 7.61. The van der Waals surface area contributed by atoms with Crippen molar-refractivity contribution in [1.29, 1.82) is 0 Å². The number of nitrogens with zero attached hydrogens (tertiary/aromatic N) is 2. The maximum Gasteiger partial charge on any atom is 0.244 e. The van der Waals surface area contributed by atoms with Crippen LogP contribution in [0.3, 0.4) is 0 Å². The van der Waals surface area contributed by atoms with Gasteiger partial charge in [0.1, 0.15) is 5.76 Å². The molecule has 0 radical (unpaired) electrons. The van der Waals surface area contributed by atoms with Crippen molar-refractivity contribution < 1.29 is 17.7 Å². The Morgan fingerprint density at radius 3 is 2.70 bits per heavy atom. The lowest BCUT2D eigenvalue weighted by Gasteiger charge is -2.21. The normalized spacial score (nSPS) is 11.6. The summed E-state index contributed by atoms with van der Waals surface area (Å²) in [4.78, 5) is 12.5. The third-order valence-electron chi connectivity index (χ3n) is 3.92. The van der Waals surface area contributed by atoms with Crippen LogP contribution in [-0.2, 0) is 14.8 Å². The van der Waals surface area contributed by atoms with E-state index in [9.17, 15) is 13.2 Å². The Morgan fingerprint density at radius 1 is 1.26 bits per heavy atom. The van der Waals surface area contributed by atoms with Gasteiger partial charge < -0.3 is 9.84 Å². The maximum absolute atomic E-state index is 13.2. The van der Waals surface area contributed by atoms with Crippen LogP contribution in [-0.4, -0.2) is 36.9 Å². The van der Waals surface area contributed by atoms with E-state index in [0.717, 1.165) is 9.69 Å². The summed E-state index contributed by atoms with van der Waals surface area (Å²) in [6.07, 6.45) is 1.44. The van der Waals surface area contributed by atoms with Crippen LogP contribution in [0.5, 0.6) is 0 Å². The molecule has 3 aromatic rings. The second kappa shape index (κ2) is 7.73. The molecule has 0 aliphatic carbocycles. The van der Waals surface area contributed by atoms with Gasteiger partial charge in [0.25, 0.3) is 0 Å². The molecule has 8 heteroatoms. The number of amides is 1. The summed E-state index contributed by atoms with van der Waals surface area (Å²) < 4.78 is 32.3. The minimum Gasteiger partial charge on any atom is -0.360 e. The zero-order valence-electron chi connectivity index (χ0n) is 14.8. The Bertz CT molecular complexity index is 1080. The number of carbonyl (C=O) groups is 1. The predicted octanol–water partition coefficient (Wildman–Crippen LogP) is 2.95. The molecule has 0 saturated heterocycles. The van der Waals surface area contributed by atoms with E-state index in [1.807, 2.05) is 18.2 Å². The van der Waals surface area contributed by atoms with Gasteiger partial charge in [-0.25, -0.2) is 8.42 Å². The Morgan fingerprint density at radius 2 is 2.00 bits per heavy atom. The number of hydrogen-bond acceptors (Lipinski definition) is 5. The molecule has 1 N–H and O–H groups in total. The third-order valence-corrected chi connectivity index (χ3v) is 5.79. The predicted molar refractivity (Wildman–Crippen MR) is 103 cm³/mol. The average Bonchev–Trinajstić information content (AvgIpc) is 3.05. The maximum atomic E-state index is 13.2. The van der Waals surface area contributed by atoms with Gasteiger partial charge in [0.2, 0.25) is 15.9 Å². The zero-order valence-corrected chi connectivity index (χ0v) is 15.6. The topological polar surface area (TPSA) is 92.5 Å². The molecule has 0 unspecified atom stereocenters. The number of fused-ring (bicyclic) bond motifs is 1. The number of hydrogen-bond donors (Lipinski definition) is 1. The Kier molecular flexibility index (Phi) is 5.38. The van der Waals surface area contributed by atoms with Crippen LogP contribution >= 0.6 is 0 Å². The highest BCUT2D eigenvalue weighted by Crippen LogP contribution is 2.25. The van der Waals surface area contributed by atoms with E-state index in [0.29, 0.717) is 11.1 Å². The van der Waals surface area contributed by atoms with Crippen LogP contribution in [0.4, 0.5) is 5.82 Å². The van der Waals surface area contributed by atoms with Crippen LogP contribution in [0, 0.1) is 6.92 Å². The van der Waals surface area contributed by atoms with Crippen LogP contribution in [0.2, 0.25) is 0 Å². The number of nitrogens with one attached hydrogen (secondary N) is 1. The molecule has 140 valence electrons. The van der Waals surface area contributed by atoms with Crippen molar-refractivity contribution in [2.75, 3.05) is 18.4 Å². The number of aromatic nitrogens is 1. The summed E-state index contributed by atoms with van der Waals surface area (Å²) in [6.45, 7) is 4.92. The quantitative estimate of drug-likeness (QED) is 0.631. The molecule has 2 aromatic carbocycles. The van der Waals surface area contributed by atoms with E-state index in [1.54, 1.807) is 31.2 Å². The molecule has 0 bridgehead atoms. The van der Waals surface area contributed by atoms with Crippen LogP contribution in [0.15, 0.2) is 70.6 Å². The number of sulfonamides is 1. The van der Waals surface area contributed by atoms with E-state index in [1.165, 1.54) is 12.1 Å². The highest BCUT2D eigenvalue weighted by atomic mass is 32.2. The van der Waals surface area contributed by atoms with E-state index in [4.69, 9.17) is 4.52 Å². The van der Waals surface area contributed by atoms with E-state index in [2.05, 4.69) is 17.1 Å². The largest absolute Gasteiger partial charge is 0.360 e. The van der Waals surface area contributed by atoms with Crippen molar-refractivity contribution >= 4 is 32.5 Å². The van der Waals surface area contributed by atoms with E-state index >= 15 is 0 Å². The summed E-state index contributed by atoms with van der Waals surface area (Å²) in [5.74, 6) is 0.254. The molecule has 1 amide bonds. The molecule has 27 heavy (non-hydrogen) atoms. The van der Waals surface area contributed by atoms with Crippen molar-refractivity contribution in [3.63, 3.8) is 0 Å². The van der Waals surface area contributed by atoms with Gasteiger partial charge >= 0.3 is 0 Å². The molecule has 1 heterocycles. The molecule has 1 aromatic heterocycles. The summed E-state index contributed by atoms with van der Waals surface area (Å²) in [7, 11) is -3.91. The average molecular weight is 385 g/mol. The number of aryl methyl sites for hydroxylation is 1. The standard InChI is InChI=1S/C19H19N3O4S/c1-3-11-22(13-19(23)20-18-12-14(2)26-21-18)27(24,25)17-10-6-8-15-7-4-5-9-16(15)17/h3-10,12H,1,11,13H2,2H3,(H,20,21,23). The van der Waals surface area contributed by atoms with Crippen molar-refractivity contribution in [3.8, 4) is 0 Å². The van der Waals surface area contributed by atoms with Crippen LogP contribution in [0.1, 0.15) is 5.76 Å². The summed E-state index contributed by atoms with van der Waals surface area (Å²) in [6, 6.07) is 13.8. The third kappa shape index (κ3) is 4.07. The minimum atomic E-state index is -3.91. The first-order chi connectivity index (χ1) is 12.9. The molecule has 0 spiro atoms. The van der Waals surface area contributed by atoms with Gasteiger partial charge in [-0.3, -0.25) is 4.79 Å². The van der Waals surface area contributed by atoms with Gasteiger partial charge in [0.05, 0.1) is 11.4 Å². The molecule has 7 nitrogen and oxygen atoms in total. The number of rotatable bonds is 7. The Balaban J connectivity index is 1.90. The highest BCUT2D eigenvalue weighted by molar-refractivity contribution is 7.89. The lowest BCUT2D eigenvalue weighted by molar-refractivity contribution is -0.116. The fraction of sp³-hybridized carbons (Fsp3) is 0.158. The molecule has 0 atom stereocenters. The van der Waals surface area contributed by atoms with Crippen molar-refractivity contribution in [1.82, 2.24) is 9.46 Å². The number of carbonyl (C=O) groups excluding carboxylic acids is 1. The first-order valence-electron chi connectivity index (χ1n) is 8.24. The molecule has 0 aliphatic heterocycles. The lowest BCUT2D eigenvalue weighted by atomic mass is 10.1. The smallest absolute Gasteiger partial charge is 0.244 e. The molecule has 0 fully saturated rings. The van der Waals surface area contributed by atoms with E-state index in [-0.39, 0.29) is 23.8 Å². The van der Waals surface area contributed by atoms with Crippen molar-refractivity contribution in [2.45, 2.75) is 11.8 Å². The number of anilines is 1. The summed E-state index contributed by atoms with van der Waals surface area (Å²) in [5.41, 5.74) is 0. The SMILES string of the molecule is C=CCN(CC(=O)Nc1cc(C)on1)S(=O)(=O)c1cccc2ccccc12. The van der Waals surface area contributed by atoms with Crippen molar-refractivity contribution in [3.05, 3.63) is 66.9 Å². The van der Waals surface area contributed by atoms with Crippen molar-refractivity contribution in [2.24, 2.45) is 0 Å². The van der Waals surface area contributed by atoms with Crippen LogP contribution in [0.25, 0.3) is 10.8 Å². The fourth-order valence-corrected chi connectivity index (χ4v) is 4.30. The van der Waals surface area contributed by atoms with Gasteiger partial charge in [-0.1, -0.05) is 47.6 Å². The lowest BCUT2D eigenvalue weighted by Crippen LogP contribution is -2.38. The molecule has 3 rings (SSSR count). The van der Waals surface area contributed by atoms with Gasteiger partial charge in [-0.2, -0.15) is 4.31 Å². The van der Waals surface area contributed by atoms with Gasteiger partial charge in [-0.05, 0) is 18.4 Å². The second-order valence-corrected chi connectivity index (χ2v) is 7.84. The number of benzene rings is 2. The Labute approximate surface area is 157 Å². The fourth-order valence-electron chi connectivity index (χ4n) is 2.72. The zero-order chi connectivity index (χ0) is 19.4. The van der Waals surface area contributed by atoms with Gasteiger partial charge in [-0.15, -0.1) is 6.58 Å². The monoisotopic (exact) mass is 385 g/mol. The van der Waals surface area contributed by atoms with Gasteiger partial charge in [0, 0.05) is 18.0 Å². The first-order valence-corrected chi connectivity index (χ1v) is 9.68. The first kappa shape index (κ1) is 18.8.